The number of hydrazine groups is 1. The Labute approximate surface area is 127 Å². The average Bonchev–Trinajstić information content (AvgIpc) is 2.47. The van der Waals surface area contributed by atoms with E-state index in [9.17, 15) is 4.79 Å². The highest BCUT2D eigenvalue weighted by atomic mass is 79.9. The molecule has 0 bridgehead atoms. The molecule has 102 valence electrons. The predicted molar refractivity (Wildman–Crippen MR) is 86.2 cm³/mol. The number of nitrogens with zero attached hydrogens (tertiary/aromatic N) is 1. The zero-order valence-corrected chi connectivity index (χ0v) is 12.7. The van der Waals surface area contributed by atoms with E-state index in [2.05, 4.69) is 21.4 Å². The van der Waals surface area contributed by atoms with Crippen molar-refractivity contribution in [3.05, 3.63) is 70.7 Å². The molecule has 0 saturated carbocycles. The Balaban J connectivity index is 1.98. The summed E-state index contributed by atoms with van der Waals surface area (Å²) in [5.41, 5.74) is 4.67. The molecule has 0 spiro atoms. The SMILES string of the molecule is CN(NC(=O)/C=C/c1ccccc1Br)c1ccccc1. The number of hydrogen-bond donors (Lipinski definition) is 1. The van der Waals surface area contributed by atoms with E-state index in [0.29, 0.717) is 0 Å². The summed E-state index contributed by atoms with van der Waals surface area (Å²) in [5, 5.41) is 1.69. The summed E-state index contributed by atoms with van der Waals surface area (Å²) < 4.78 is 0.959. The van der Waals surface area contributed by atoms with Gasteiger partial charge >= 0.3 is 0 Å². The van der Waals surface area contributed by atoms with Gasteiger partial charge in [0.05, 0.1) is 5.69 Å². The Hall–Kier alpha value is -2.07. The highest BCUT2D eigenvalue weighted by Crippen LogP contribution is 2.17. The number of rotatable bonds is 4. The Morgan fingerprint density at radius 3 is 2.45 bits per heavy atom. The summed E-state index contributed by atoms with van der Waals surface area (Å²) in [4.78, 5) is 11.9. The summed E-state index contributed by atoms with van der Waals surface area (Å²) in [7, 11) is 1.81. The van der Waals surface area contributed by atoms with Crippen molar-refractivity contribution in [3.8, 4) is 0 Å². The quantitative estimate of drug-likeness (QED) is 0.685. The Morgan fingerprint density at radius 2 is 1.75 bits per heavy atom. The van der Waals surface area contributed by atoms with Crippen molar-refractivity contribution >= 4 is 33.6 Å². The third-order valence-electron chi connectivity index (χ3n) is 2.74. The van der Waals surface area contributed by atoms with Gasteiger partial charge in [-0.2, -0.15) is 0 Å². The van der Waals surface area contributed by atoms with Crippen LogP contribution in [0, 0.1) is 0 Å². The normalized spacial score (nSPS) is 10.5. The van der Waals surface area contributed by atoms with Crippen LogP contribution in [0.3, 0.4) is 0 Å². The second-order valence-electron chi connectivity index (χ2n) is 4.23. The minimum atomic E-state index is -0.174. The standard InChI is InChI=1S/C16H15BrN2O/c1-19(14-8-3-2-4-9-14)18-16(20)12-11-13-7-5-6-10-15(13)17/h2-12H,1H3,(H,18,20)/b12-11+. The van der Waals surface area contributed by atoms with Crippen molar-refractivity contribution < 1.29 is 4.79 Å². The third kappa shape index (κ3) is 3.96. The maximum Gasteiger partial charge on any atom is 0.262 e. The van der Waals surface area contributed by atoms with Gasteiger partial charge in [0.25, 0.3) is 5.91 Å². The number of nitrogens with one attached hydrogen (secondary N) is 1. The molecule has 0 heterocycles. The van der Waals surface area contributed by atoms with E-state index < -0.39 is 0 Å². The number of hydrogen-bond acceptors (Lipinski definition) is 2. The molecule has 0 aliphatic heterocycles. The van der Waals surface area contributed by atoms with E-state index in [4.69, 9.17) is 0 Å². The van der Waals surface area contributed by atoms with Gasteiger partial charge in [0.2, 0.25) is 0 Å². The lowest BCUT2D eigenvalue weighted by Crippen LogP contribution is -2.38. The minimum Gasteiger partial charge on any atom is -0.288 e. The fourth-order valence-corrected chi connectivity index (χ4v) is 2.11. The number of anilines is 1. The predicted octanol–water partition coefficient (Wildman–Crippen LogP) is 3.63. The maximum atomic E-state index is 11.9. The van der Waals surface area contributed by atoms with Gasteiger partial charge in [-0.25, -0.2) is 0 Å². The molecular formula is C16H15BrN2O. The molecule has 0 radical (unpaired) electrons. The number of para-hydroxylation sites is 1. The van der Waals surface area contributed by atoms with E-state index >= 15 is 0 Å². The van der Waals surface area contributed by atoms with Gasteiger partial charge in [0.1, 0.15) is 0 Å². The lowest BCUT2D eigenvalue weighted by molar-refractivity contribution is -0.116. The Morgan fingerprint density at radius 1 is 1.10 bits per heavy atom. The summed E-state index contributed by atoms with van der Waals surface area (Å²) >= 11 is 3.44. The highest BCUT2D eigenvalue weighted by molar-refractivity contribution is 9.10. The van der Waals surface area contributed by atoms with E-state index in [0.717, 1.165) is 15.7 Å². The number of carbonyl (C=O) groups is 1. The lowest BCUT2D eigenvalue weighted by atomic mass is 10.2. The summed E-state index contributed by atoms with van der Waals surface area (Å²) in [6.45, 7) is 0. The van der Waals surface area contributed by atoms with Crippen molar-refractivity contribution in [1.29, 1.82) is 0 Å². The maximum absolute atomic E-state index is 11.9. The zero-order chi connectivity index (χ0) is 14.4. The number of benzene rings is 2. The number of amides is 1. The molecule has 0 unspecified atom stereocenters. The first-order chi connectivity index (χ1) is 9.66. The number of halogens is 1. The van der Waals surface area contributed by atoms with Gasteiger partial charge in [-0.1, -0.05) is 52.3 Å². The van der Waals surface area contributed by atoms with Crippen LogP contribution in [0.15, 0.2) is 65.1 Å². The Bertz CT molecular complexity index is 611. The molecule has 1 N–H and O–H groups in total. The van der Waals surface area contributed by atoms with Gasteiger partial charge in [0.15, 0.2) is 0 Å². The van der Waals surface area contributed by atoms with E-state index in [-0.39, 0.29) is 5.91 Å². The molecule has 20 heavy (non-hydrogen) atoms. The van der Waals surface area contributed by atoms with Crippen LogP contribution in [-0.4, -0.2) is 13.0 Å². The molecule has 2 rings (SSSR count). The summed E-state index contributed by atoms with van der Waals surface area (Å²) in [6.07, 6.45) is 3.29. The fourth-order valence-electron chi connectivity index (χ4n) is 1.69. The van der Waals surface area contributed by atoms with Crippen molar-refractivity contribution in [2.45, 2.75) is 0 Å². The van der Waals surface area contributed by atoms with Gasteiger partial charge < -0.3 is 0 Å². The van der Waals surface area contributed by atoms with Gasteiger partial charge in [-0.15, -0.1) is 0 Å². The topological polar surface area (TPSA) is 32.3 Å². The minimum absolute atomic E-state index is 0.174. The molecular weight excluding hydrogens is 316 g/mol. The highest BCUT2D eigenvalue weighted by Gasteiger charge is 2.02. The van der Waals surface area contributed by atoms with E-state index in [1.165, 1.54) is 6.08 Å². The van der Waals surface area contributed by atoms with Gasteiger partial charge in [0, 0.05) is 17.6 Å². The van der Waals surface area contributed by atoms with Crippen LogP contribution < -0.4 is 10.4 Å². The third-order valence-corrected chi connectivity index (χ3v) is 3.46. The first-order valence-corrected chi connectivity index (χ1v) is 6.98. The molecule has 3 nitrogen and oxygen atoms in total. The molecule has 0 aliphatic rings. The lowest BCUT2D eigenvalue weighted by Gasteiger charge is -2.19. The molecule has 0 aromatic heterocycles. The summed E-state index contributed by atoms with van der Waals surface area (Å²) in [6, 6.07) is 17.4. The van der Waals surface area contributed by atoms with E-state index in [1.54, 1.807) is 18.1 Å². The van der Waals surface area contributed by atoms with Gasteiger partial charge in [-0.3, -0.25) is 15.2 Å². The molecule has 0 fully saturated rings. The van der Waals surface area contributed by atoms with Crippen molar-refractivity contribution in [2.24, 2.45) is 0 Å². The molecule has 0 saturated heterocycles. The molecule has 1 amide bonds. The van der Waals surface area contributed by atoms with E-state index in [1.807, 2.05) is 54.6 Å². The van der Waals surface area contributed by atoms with Crippen molar-refractivity contribution in [1.82, 2.24) is 5.43 Å². The van der Waals surface area contributed by atoms with Gasteiger partial charge in [-0.05, 0) is 29.8 Å². The zero-order valence-electron chi connectivity index (χ0n) is 11.1. The Kier molecular flexibility index (Phi) is 4.96. The van der Waals surface area contributed by atoms with Crippen LogP contribution in [0.4, 0.5) is 5.69 Å². The van der Waals surface area contributed by atoms with Crippen molar-refractivity contribution in [2.75, 3.05) is 12.1 Å². The monoisotopic (exact) mass is 330 g/mol. The molecule has 2 aromatic carbocycles. The van der Waals surface area contributed by atoms with Crippen LogP contribution >= 0.6 is 15.9 Å². The van der Waals surface area contributed by atoms with Crippen LogP contribution in [0.5, 0.6) is 0 Å². The molecule has 0 atom stereocenters. The largest absolute Gasteiger partial charge is 0.288 e. The second-order valence-corrected chi connectivity index (χ2v) is 5.08. The first-order valence-electron chi connectivity index (χ1n) is 6.19. The average molecular weight is 331 g/mol. The molecule has 2 aromatic rings. The van der Waals surface area contributed by atoms with Crippen molar-refractivity contribution in [3.63, 3.8) is 0 Å². The first kappa shape index (κ1) is 14.3. The second kappa shape index (κ2) is 6.91. The smallest absolute Gasteiger partial charge is 0.262 e. The van der Waals surface area contributed by atoms with Crippen LogP contribution in [0.2, 0.25) is 0 Å². The fraction of sp³-hybridized carbons (Fsp3) is 0.0625. The summed E-state index contributed by atoms with van der Waals surface area (Å²) in [5.74, 6) is -0.174. The number of carbonyl (C=O) groups excluding carboxylic acids is 1. The van der Waals surface area contributed by atoms with Crippen LogP contribution in [0.1, 0.15) is 5.56 Å². The molecule has 4 heteroatoms. The molecule has 0 aliphatic carbocycles. The van der Waals surface area contributed by atoms with Crippen LogP contribution in [0.25, 0.3) is 6.08 Å². The van der Waals surface area contributed by atoms with Crippen LogP contribution in [-0.2, 0) is 4.79 Å².